The van der Waals surface area contributed by atoms with Crippen LogP contribution in [-0.2, 0) is 32.5 Å². The molecule has 4 nitrogen and oxygen atoms in total. The molecule has 17 aromatic rings. The van der Waals surface area contributed by atoms with Crippen LogP contribution in [0.2, 0.25) is 0 Å². The predicted octanol–water partition coefficient (Wildman–Crippen LogP) is 26.3. The van der Waals surface area contributed by atoms with E-state index in [-0.39, 0.29) is 32.5 Å². The van der Waals surface area contributed by atoms with E-state index in [1.54, 1.807) is 0 Å². The average Bonchev–Trinajstić information content (AvgIpc) is 1.51. The monoisotopic (exact) mass is 1250 g/mol. The first-order valence-corrected chi connectivity index (χ1v) is 34.8. The molecule has 0 fully saturated rings. The number of fused-ring (bicyclic) bond motifs is 17. The minimum absolute atomic E-state index is 0.0519. The Morgan fingerprint density at radius 2 is 0.615 bits per heavy atom. The van der Waals surface area contributed by atoms with Gasteiger partial charge in [-0.1, -0.05) is 240 Å². The van der Waals surface area contributed by atoms with Gasteiger partial charge < -0.3 is 13.4 Å². The van der Waals surface area contributed by atoms with Gasteiger partial charge in [-0.2, -0.15) is 0 Å². The molecule has 0 amide bonds. The molecule has 476 valence electrons. The van der Waals surface area contributed by atoms with Gasteiger partial charge >= 0.3 is 0 Å². The summed E-state index contributed by atoms with van der Waals surface area (Å²) in [5, 5.41) is 13.4. The van der Waals surface area contributed by atoms with Crippen molar-refractivity contribution in [1.29, 1.82) is 0 Å². The lowest BCUT2D eigenvalue weighted by Gasteiger charge is -2.26. The van der Waals surface area contributed by atoms with Crippen molar-refractivity contribution in [2.45, 2.75) is 157 Å². The summed E-state index contributed by atoms with van der Waals surface area (Å²) in [5.74, 6) is 0. The molecule has 0 atom stereocenters. The van der Waals surface area contributed by atoms with Gasteiger partial charge in [0.25, 0.3) is 0 Å². The van der Waals surface area contributed by atoms with Crippen LogP contribution in [0.5, 0.6) is 0 Å². The van der Waals surface area contributed by atoms with Crippen LogP contribution in [-0.4, -0.2) is 13.4 Å². The molecule has 6 heterocycles. The second-order valence-corrected chi connectivity index (χ2v) is 34.4. The lowest BCUT2D eigenvalue weighted by molar-refractivity contribution is 0.568. The summed E-state index contributed by atoms with van der Waals surface area (Å²) >= 11 is 0. The highest BCUT2D eigenvalue weighted by molar-refractivity contribution is 6.33. The molecule has 0 spiro atoms. The number of nitrogens with zero attached hydrogens (tertiary/aromatic N) is 3. The van der Waals surface area contributed by atoms with E-state index in [1.807, 2.05) is 0 Å². The summed E-state index contributed by atoms with van der Waals surface area (Å²) in [6.07, 6.45) is 0. The quantitative estimate of drug-likeness (QED) is 0.169. The summed E-state index contributed by atoms with van der Waals surface area (Å²) in [4.78, 5) is 0. The molecule has 0 unspecified atom stereocenters. The molecule has 96 heavy (non-hydrogen) atoms. The predicted molar refractivity (Wildman–Crippen MR) is 414 cm³/mol. The Morgan fingerprint density at radius 1 is 0.250 bits per heavy atom. The van der Waals surface area contributed by atoms with Crippen LogP contribution in [0.3, 0.4) is 0 Å². The second kappa shape index (κ2) is 20.0. The molecular weight excluding hydrogens is 1160 g/mol. The van der Waals surface area contributed by atoms with E-state index in [9.17, 15) is 0 Å². The SMILES string of the molecule is CC(C)(C)c1cc(-c2cc(-c3ccc4c(c3)c3ccccc3n4-c3ccccc3)c3c(c2)c2cc(-c4cc(C(C)(C)C)cc(C(C)(C)C)c4)cc4c5cc6c(cc5n3c42)c2cc(-c3cc(C(C)(C)C)cc(C(C)(C)C)c3)cc3c4c5ccccc5oc4n6c23)cc(C(C)(C)C)c1. The zero-order chi connectivity index (χ0) is 67.0. The fraction of sp³-hybridized carbons (Fsp3) is 0.261. The molecule has 0 radical (unpaired) electrons. The minimum atomic E-state index is -0.0763. The molecule has 0 N–H and O–H groups in total. The Morgan fingerprint density at radius 3 is 1.11 bits per heavy atom. The normalized spacial score (nSPS) is 13.5. The fourth-order valence-corrected chi connectivity index (χ4v) is 15.8. The molecule has 0 bridgehead atoms. The van der Waals surface area contributed by atoms with Crippen LogP contribution in [0, 0.1) is 0 Å². The average molecular weight is 1250 g/mol. The largest absolute Gasteiger partial charge is 0.439 e. The number of benzene rings is 11. The topological polar surface area (TPSA) is 26.9 Å². The van der Waals surface area contributed by atoms with Crippen molar-refractivity contribution in [2.75, 3.05) is 0 Å². The molecule has 0 saturated carbocycles. The number of furan rings is 1. The van der Waals surface area contributed by atoms with Gasteiger partial charge in [0.15, 0.2) is 0 Å². The summed E-state index contributed by atoms with van der Waals surface area (Å²) in [6, 6.07) is 78.2. The van der Waals surface area contributed by atoms with E-state index < -0.39 is 0 Å². The third-order valence-electron chi connectivity index (χ3n) is 21.5. The maximum atomic E-state index is 7.16. The van der Waals surface area contributed by atoms with E-state index in [2.05, 4.69) is 338 Å². The molecule has 0 aliphatic carbocycles. The number of para-hydroxylation sites is 3. The Bertz CT molecular complexity index is 6010. The van der Waals surface area contributed by atoms with Gasteiger partial charge in [0.2, 0.25) is 5.71 Å². The molecule has 0 aliphatic heterocycles. The maximum absolute atomic E-state index is 7.16. The van der Waals surface area contributed by atoms with Crippen LogP contribution in [0.25, 0.3) is 159 Å². The van der Waals surface area contributed by atoms with Crippen molar-refractivity contribution in [2.24, 2.45) is 0 Å². The van der Waals surface area contributed by atoms with Gasteiger partial charge in [-0.3, -0.25) is 4.40 Å². The molecule has 6 aromatic heterocycles. The van der Waals surface area contributed by atoms with Crippen molar-refractivity contribution in [3.8, 4) is 50.2 Å². The molecular formula is C92H87N3O. The summed E-state index contributed by atoms with van der Waals surface area (Å²) < 4.78 is 14.8. The van der Waals surface area contributed by atoms with Crippen LogP contribution in [0.1, 0.15) is 158 Å². The lowest BCUT2D eigenvalue weighted by atomic mass is 9.78. The van der Waals surface area contributed by atoms with Gasteiger partial charge in [-0.25, -0.2) is 0 Å². The molecule has 0 aliphatic rings. The number of aromatic nitrogens is 3. The second-order valence-electron chi connectivity index (χ2n) is 34.4. The van der Waals surface area contributed by atoms with Gasteiger partial charge in [0.1, 0.15) is 5.58 Å². The van der Waals surface area contributed by atoms with Crippen molar-refractivity contribution in [3.63, 3.8) is 0 Å². The summed E-state index contributed by atoms with van der Waals surface area (Å²) in [7, 11) is 0. The number of hydrogen-bond acceptors (Lipinski definition) is 1. The van der Waals surface area contributed by atoms with E-state index >= 15 is 0 Å². The van der Waals surface area contributed by atoms with Gasteiger partial charge in [0, 0.05) is 65.1 Å². The first-order chi connectivity index (χ1) is 45.3. The first-order valence-electron chi connectivity index (χ1n) is 34.8. The van der Waals surface area contributed by atoms with Crippen LogP contribution in [0.15, 0.2) is 205 Å². The van der Waals surface area contributed by atoms with E-state index in [0.29, 0.717) is 0 Å². The highest BCUT2D eigenvalue weighted by atomic mass is 16.3. The van der Waals surface area contributed by atoms with Gasteiger partial charge in [-0.15, -0.1) is 0 Å². The highest BCUT2D eigenvalue weighted by Gasteiger charge is 2.31. The Hall–Kier alpha value is -9.64. The molecule has 17 rings (SSSR count). The third kappa shape index (κ3) is 9.13. The van der Waals surface area contributed by atoms with Crippen molar-refractivity contribution < 1.29 is 4.42 Å². The minimum Gasteiger partial charge on any atom is -0.439 e. The lowest BCUT2D eigenvalue weighted by Crippen LogP contribution is -2.16. The Kier molecular flexibility index (Phi) is 12.5. The van der Waals surface area contributed by atoms with Crippen LogP contribution in [0.4, 0.5) is 0 Å². The van der Waals surface area contributed by atoms with Gasteiger partial charge in [-0.05, 0) is 190 Å². The standard InChI is InChI=1S/C92H87N3O/c1-87(2,3)59-34-53(35-60(47-59)88(4,5)6)56-41-68(52-32-33-78-69(40-52)66-28-22-24-30-77(66)93(78)65-26-20-19-21-27-65)83-74(44-56)75-45-57(54-36-61(89(7,8)9)48-62(37-54)90(10,11)12)42-72-70-51-80-71(50-79(70)94(83)84(72)75)73-43-58(55-38-63(91(13,14)15)49-64(39-55)92(16,17)18)46-76-82-67-29-23-25-31-81(67)96-86(82)95(80)85(73)76/h19-51H,1-18H3. The first kappa shape index (κ1) is 60.1. The molecule has 11 aromatic carbocycles. The summed E-state index contributed by atoms with van der Waals surface area (Å²) in [5.41, 5.74) is 28.7. The Balaban J connectivity index is 1.06. The molecule has 0 saturated heterocycles. The van der Waals surface area contributed by atoms with Crippen LogP contribution < -0.4 is 0 Å². The van der Waals surface area contributed by atoms with Gasteiger partial charge in [0.05, 0.1) is 44.0 Å². The van der Waals surface area contributed by atoms with E-state index in [0.717, 1.165) is 27.9 Å². The van der Waals surface area contributed by atoms with Crippen molar-refractivity contribution >= 4 is 109 Å². The number of hydrogen-bond donors (Lipinski definition) is 0. The highest BCUT2D eigenvalue weighted by Crippen LogP contribution is 2.52. The maximum Gasteiger partial charge on any atom is 0.213 e. The Labute approximate surface area is 564 Å². The summed E-state index contributed by atoms with van der Waals surface area (Å²) in [6.45, 7) is 42.3. The third-order valence-corrected chi connectivity index (χ3v) is 21.5. The number of rotatable bonds is 5. The van der Waals surface area contributed by atoms with Crippen molar-refractivity contribution in [1.82, 2.24) is 13.4 Å². The van der Waals surface area contributed by atoms with Crippen molar-refractivity contribution in [3.05, 3.63) is 234 Å². The zero-order valence-corrected chi connectivity index (χ0v) is 59.3. The van der Waals surface area contributed by atoms with E-state index in [4.69, 9.17) is 4.42 Å². The molecule has 4 heteroatoms. The fourth-order valence-electron chi connectivity index (χ4n) is 15.8. The smallest absolute Gasteiger partial charge is 0.213 e. The zero-order valence-electron chi connectivity index (χ0n) is 59.3. The van der Waals surface area contributed by atoms with Crippen LogP contribution >= 0.6 is 0 Å². The van der Waals surface area contributed by atoms with E-state index in [1.165, 1.54) is 165 Å².